The van der Waals surface area contributed by atoms with E-state index < -0.39 is 0 Å². The fourth-order valence-electron chi connectivity index (χ4n) is 4.28. The molecule has 3 aromatic carbocycles. The Hall–Kier alpha value is -3.24. The number of carbonyl (C=O) groups is 1. The number of carbonyl (C=O) groups excluding carboxylic acids is 1. The Balaban J connectivity index is 1.70. The van der Waals surface area contributed by atoms with Gasteiger partial charge in [0.1, 0.15) is 6.54 Å². The van der Waals surface area contributed by atoms with Gasteiger partial charge in [-0.1, -0.05) is 66.7 Å². The van der Waals surface area contributed by atoms with E-state index >= 15 is 0 Å². The second-order valence-electron chi connectivity index (χ2n) is 7.26. The maximum absolute atomic E-state index is 12.4. The van der Waals surface area contributed by atoms with Gasteiger partial charge in [0.05, 0.1) is 24.3 Å². The number of aliphatic hydroxyl groups excluding tert-OH is 1. The summed E-state index contributed by atoms with van der Waals surface area (Å²) in [5, 5.41) is 13.0. The second-order valence-corrected chi connectivity index (χ2v) is 7.26. The fourth-order valence-corrected chi connectivity index (χ4v) is 4.28. The highest BCUT2D eigenvalue weighted by Gasteiger charge is 2.39. The summed E-state index contributed by atoms with van der Waals surface area (Å²) in [4.78, 5) is 17.2. The van der Waals surface area contributed by atoms with Crippen molar-refractivity contribution in [2.24, 2.45) is 4.99 Å². The molecule has 2 aliphatic heterocycles. The van der Waals surface area contributed by atoms with Crippen molar-refractivity contribution < 1.29 is 9.90 Å². The maximum atomic E-state index is 12.4. The van der Waals surface area contributed by atoms with Crippen LogP contribution in [0.25, 0.3) is 0 Å². The van der Waals surface area contributed by atoms with E-state index in [4.69, 9.17) is 4.99 Å². The summed E-state index contributed by atoms with van der Waals surface area (Å²) >= 11 is 0. The third kappa shape index (κ3) is 2.65. The molecule has 0 radical (unpaired) electrons. The van der Waals surface area contributed by atoms with E-state index in [9.17, 15) is 9.90 Å². The fraction of sp³-hybridized carbons (Fsp3) is 0.167. The smallest absolute Gasteiger partial charge is 0.184 e. The van der Waals surface area contributed by atoms with Gasteiger partial charge in [0.25, 0.3) is 0 Å². The van der Waals surface area contributed by atoms with E-state index in [1.165, 1.54) is 5.56 Å². The zero-order valence-corrected chi connectivity index (χ0v) is 15.3. The van der Waals surface area contributed by atoms with Gasteiger partial charge in [0.2, 0.25) is 0 Å². The van der Waals surface area contributed by atoms with Crippen molar-refractivity contribution in [2.45, 2.75) is 18.6 Å². The van der Waals surface area contributed by atoms with E-state index in [1.54, 1.807) is 0 Å². The van der Waals surface area contributed by atoms with Crippen LogP contribution in [0.2, 0.25) is 0 Å². The molecule has 0 saturated carbocycles. The van der Waals surface area contributed by atoms with Gasteiger partial charge < -0.3 is 10.4 Å². The van der Waals surface area contributed by atoms with E-state index in [0.29, 0.717) is 0 Å². The van der Waals surface area contributed by atoms with E-state index in [0.717, 1.165) is 33.7 Å². The molecule has 0 saturated heterocycles. The molecule has 138 valence electrons. The van der Waals surface area contributed by atoms with Crippen LogP contribution >= 0.6 is 0 Å². The van der Waals surface area contributed by atoms with Gasteiger partial charge in [-0.25, -0.2) is 0 Å². The molecule has 2 N–H and O–H groups in total. The van der Waals surface area contributed by atoms with Crippen LogP contribution in [0, 0.1) is 0 Å². The van der Waals surface area contributed by atoms with Crippen molar-refractivity contribution in [3.8, 4) is 0 Å². The largest absolute Gasteiger partial charge is 0.392 e. The molecule has 0 aliphatic carbocycles. The van der Waals surface area contributed by atoms with Crippen molar-refractivity contribution in [3.63, 3.8) is 0 Å². The molecule has 0 fully saturated rings. The highest BCUT2D eigenvalue weighted by molar-refractivity contribution is 6.21. The first kappa shape index (κ1) is 16.9. The number of aliphatic imine (C=N–C) groups is 1. The summed E-state index contributed by atoms with van der Waals surface area (Å²) in [6.45, 7) is 0.229. The van der Waals surface area contributed by atoms with Gasteiger partial charge in [-0.15, -0.1) is 0 Å². The molecule has 2 heterocycles. The van der Waals surface area contributed by atoms with E-state index in [2.05, 4.69) is 29.6 Å². The van der Waals surface area contributed by atoms with Crippen LogP contribution in [-0.4, -0.2) is 23.1 Å². The number of rotatable bonds is 3. The molecular weight excluding hydrogens is 348 g/mol. The SMILES string of the molecule is O=C1CN=C2c3c(cccc31)NC(c1ccc(CO)cc1)C2c1ccccc1. The van der Waals surface area contributed by atoms with Crippen molar-refractivity contribution in [1.82, 2.24) is 0 Å². The van der Waals surface area contributed by atoms with Crippen LogP contribution < -0.4 is 5.32 Å². The summed E-state index contributed by atoms with van der Waals surface area (Å²) < 4.78 is 0. The van der Waals surface area contributed by atoms with Crippen molar-refractivity contribution in [1.29, 1.82) is 0 Å². The number of hydrogen-bond acceptors (Lipinski definition) is 4. The number of hydrogen-bond donors (Lipinski definition) is 2. The Bertz CT molecular complexity index is 1070. The van der Waals surface area contributed by atoms with Crippen LogP contribution in [0.1, 0.15) is 44.6 Å². The number of nitrogens with zero attached hydrogens (tertiary/aromatic N) is 1. The first-order valence-electron chi connectivity index (χ1n) is 9.48. The minimum Gasteiger partial charge on any atom is -0.392 e. The number of Topliss-reactive ketones (excluding diaryl/α,β-unsaturated/α-hetero) is 1. The standard InChI is InChI=1S/C24H20N2O2/c27-14-15-9-11-17(12-10-15)23-21(16-5-2-1-3-6-16)24-22-18(20(28)13-25-24)7-4-8-19(22)26-23/h1-12,21,23,26-27H,13-14H2. The lowest BCUT2D eigenvalue weighted by molar-refractivity contribution is 0.1000. The van der Waals surface area contributed by atoms with Gasteiger partial charge in [-0.05, 0) is 22.8 Å². The summed E-state index contributed by atoms with van der Waals surface area (Å²) in [7, 11) is 0. The van der Waals surface area contributed by atoms with Gasteiger partial charge in [-0.2, -0.15) is 0 Å². The van der Waals surface area contributed by atoms with Crippen LogP contribution in [0.4, 0.5) is 5.69 Å². The Morgan fingerprint density at radius 3 is 2.46 bits per heavy atom. The monoisotopic (exact) mass is 368 g/mol. The Morgan fingerprint density at radius 2 is 1.71 bits per heavy atom. The summed E-state index contributed by atoms with van der Waals surface area (Å²) in [5.41, 5.74) is 6.81. The normalized spacial score (nSPS) is 20.2. The average molecular weight is 368 g/mol. The molecule has 0 amide bonds. The van der Waals surface area contributed by atoms with Crippen LogP contribution in [-0.2, 0) is 6.61 Å². The molecule has 3 aromatic rings. The predicted molar refractivity (Wildman–Crippen MR) is 110 cm³/mol. The molecule has 2 unspecified atom stereocenters. The molecule has 0 spiro atoms. The molecule has 2 atom stereocenters. The number of anilines is 1. The minimum absolute atomic E-state index is 0.00271. The second kappa shape index (κ2) is 6.73. The van der Waals surface area contributed by atoms with E-state index in [-0.39, 0.29) is 30.9 Å². The number of aliphatic hydroxyl groups is 1. The Morgan fingerprint density at radius 1 is 0.929 bits per heavy atom. The van der Waals surface area contributed by atoms with E-state index in [1.807, 2.05) is 48.5 Å². The first-order valence-corrected chi connectivity index (χ1v) is 9.48. The lowest BCUT2D eigenvalue weighted by atomic mass is 9.75. The maximum Gasteiger partial charge on any atom is 0.184 e. The van der Waals surface area contributed by atoms with Gasteiger partial charge >= 0.3 is 0 Å². The molecule has 28 heavy (non-hydrogen) atoms. The Kier molecular flexibility index (Phi) is 4.06. The minimum atomic E-state index is -0.00940. The zero-order valence-electron chi connectivity index (χ0n) is 15.3. The number of benzene rings is 3. The quantitative estimate of drug-likeness (QED) is 0.731. The van der Waals surface area contributed by atoms with Gasteiger partial charge in [0.15, 0.2) is 5.78 Å². The topological polar surface area (TPSA) is 61.7 Å². The molecule has 5 rings (SSSR count). The Labute approximate surface area is 163 Å². The highest BCUT2D eigenvalue weighted by Crippen LogP contribution is 2.45. The van der Waals surface area contributed by atoms with Gasteiger partial charge in [0, 0.05) is 16.8 Å². The van der Waals surface area contributed by atoms with Crippen molar-refractivity contribution in [2.75, 3.05) is 11.9 Å². The number of nitrogens with one attached hydrogen (secondary N) is 1. The molecule has 4 nitrogen and oxygen atoms in total. The van der Waals surface area contributed by atoms with Crippen LogP contribution in [0.15, 0.2) is 77.8 Å². The first-order chi connectivity index (χ1) is 13.8. The highest BCUT2D eigenvalue weighted by atomic mass is 16.3. The molecule has 0 bridgehead atoms. The summed E-state index contributed by atoms with van der Waals surface area (Å²) in [6, 6.07) is 24.2. The lowest BCUT2D eigenvalue weighted by Gasteiger charge is -2.38. The predicted octanol–water partition coefficient (Wildman–Crippen LogP) is 4.11. The molecule has 0 aromatic heterocycles. The lowest BCUT2D eigenvalue weighted by Crippen LogP contribution is -2.36. The third-order valence-corrected chi connectivity index (χ3v) is 5.63. The number of ketones is 1. The van der Waals surface area contributed by atoms with Crippen molar-refractivity contribution >= 4 is 17.2 Å². The zero-order chi connectivity index (χ0) is 19.1. The summed E-state index contributed by atoms with van der Waals surface area (Å²) in [5.74, 6) is 0.0721. The molecule has 4 heteroatoms. The molecule has 2 aliphatic rings. The van der Waals surface area contributed by atoms with Gasteiger partial charge in [-0.3, -0.25) is 9.79 Å². The average Bonchev–Trinajstić information content (AvgIpc) is 2.76. The summed E-state index contributed by atoms with van der Waals surface area (Å²) in [6.07, 6.45) is 0. The third-order valence-electron chi connectivity index (χ3n) is 5.63. The molecular formula is C24H20N2O2. The van der Waals surface area contributed by atoms with Crippen LogP contribution in [0.5, 0.6) is 0 Å². The van der Waals surface area contributed by atoms with Crippen molar-refractivity contribution in [3.05, 3.63) is 101 Å². The van der Waals surface area contributed by atoms with Crippen LogP contribution in [0.3, 0.4) is 0 Å².